The van der Waals surface area contributed by atoms with Crippen LogP contribution in [-0.2, 0) is 4.57 Å². The molecule has 0 radical (unpaired) electrons. The molecule has 1 heterocycles. The maximum Gasteiger partial charge on any atom is 0.171 e. The average Bonchev–Trinajstić information content (AvgIpc) is 3.27. The van der Waals surface area contributed by atoms with Gasteiger partial charge in [-0.2, -0.15) is 0 Å². The Labute approximate surface area is 319 Å². The number of halogens is 1. The van der Waals surface area contributed by atoms with Crippen LogP contribution in [-0.4, -0.2) is 15.0 Å². The van der Waals surface area contributed by atoms with Crippen LogP contribution in [0.4, 0.5) is 4.39 Å². The molecule has 0 N–H and O–H groups in total. The highest BCUT2D eigenvalue weighted by atomic mass is 31.2. The van der Waals surface area contributed by atoms with Crippen LogP contribution in [0.15, 0.2) is 200 Å². The van der Waals surface area contributed by atoms with Crippen molar-refractivity contribution < 1.29 is 8.96 Å². The molecular formula is C49H33FN3OP. The van der Waals surface area contributed by atoms with E-state index in [0.717, 1.165) is 60.1 Å². The van der Waals surface area contributed by atoms with Crippen LogP contribution in [0, 0.1) is 5.82 Å². The van der Waals surface area contributed by atoms with Gasteiger partial charge in [0.15, 0.2) is 24.6 Å². The zero-order valence-electron chi connectivity index (χ0n) is 29.6. The van der Waals surface area contributed by atoms with E-state index in [9.17, 15) is 8.96 Å². The van der Waals surface area contributed by atoms with E-state index in [0.29, 0.717) is 23.0 Å². The Kier molecular flexibility index (Phi) is 8.99. The van der Waals surface area contributed by atoms with Crippen LogP contribution in [0.5, 0.6) is 0 Å². The Hall–Kier alpha value is -6.81. The Bertz CT molecular complexity index is 2770. The van der Waals surface area contributed by atoms with Gasteiger partial charge in [0.25, 0.3) is 0 Å². The lowest BCUT2D eigenvalue weighted by Crippen LogP contribution is -2.24. The lowest BCUT2D eigenvalue weighted by atomic mass is 9.93. The molecule has 0 fully saturated rings. The van der Waals surface area contributed by atoms with Gasteiger partial charge in [-0.25, -0.2) is 19.3 Å². The van der Waals surface area contributed by atoms with Gasteiger partial charge >= 0.3 is 0 Å². The third kappa shape index (κ3) is 6.56. The number of fused-ring (bicyclic) bond motifs is 1. The summed E-state index contributed by atoms with van der Waals surface area (Å²) >= 11 is 0. The van der Waals surface area contributed by atoms with Crippen LogP contribution in [0.2, 0.25) is 0 Å². The predicted molar refractivity (Wildman–Crippen MR) is 224 cm³/mol. The minimum Gasteiger partial charge on any atom is -0.309 e. The first-order chi connectivity index (χ1) is 27.0. The van der Waals surface area contributed by atoms with Gasteiger partial charge in [0.2, 0.25) is 0 Å². The van der Waals surface area contributed by atoms with Gasteiger partial charge in [-0.1, -0.05) is 170 Å². The van der Waals surface area contributed by atoms with Gasteiger partial charge in [-0.05, 0) is 63.4 Å². The zero-order valence-corrected chi connectivity index (χ0v) is 30.5. The lowest BCUT2D eigenvalue weighted by molar-refractivity contribution is 0.592. The summed E-state index contributed by atoms with van der Waals surface area (Å²) in [7, 11) is -3.05. The summed E-state index contributed by atoms with van der Waals surface area (Å²) in [6.07, 6.45) is 0. The van der Waals surface area contributed by atoms with Crippen LogP contribution in [0.25, 0.3) is 67.2 Å². The van der Waals surface area contributed by atoms with E-state index in [4.69, 9.17) is 15.0 Å². The second kappa shape index (κ2) is 14.5. The van der Waals surface area contributed by atoms with Crippen molar-refractivity contribution in [3.63, 3.8) is 0 Å². The first-order valence-corrected chi connectivity index (χ1v) is 19.8. The molecule has 0 aliphatic carbocycles. The summed E-state index contributed by atoms with van der Waals surface area (Å²) in [6.45, 7) is 0. The largest absolute Gasteiger partial charge is 0.309 e. The molecule has 0 aliphatic heterocycles. The van der Waals surface area contributed by atoms with E-state index >= 15 is 0 Å². The monoisotopic (exact) mass is 729 g/mol. The summed E-state index contributed by atoms with van der Waals surface area (Å²) < 4.78 is 28.7. The molecule has 9 aromatic rings. The van der Waals surface area contributed by atoms with Gasteiger partial charge in [0.1, 0.15) is 5.82 Å². The third-order valence-electron chi connectivity index (χ3n) is 9.93. The van der Waals surface area contributed by atoms with Crippen LogP contribution < -0.4 is 15.9 Å². The number of hydrogen-bond donors (Lipinski definition) is 0. The van der Waals surface area contributed by atoms with Crippen molar-refractivity contribution in [2.75, 3.05) is 0 Å². The van der Waals surface area contributed by atoms with E-state index in [1.807, 2.05) is 115 Å². The molecule has 0 aliphatic rings. The minimum absolute atomic E-state index is 0.317. The minimum atomic E-state index is -3.05. The Morgan fingerprint density at radius 1 is 0.327 bits per heavy atom. The molecule has 4 nitrogen and oxygen atoms in total. The molecule has 1 aromatic heterocycles. The van der Waals surface area contributed by atoms with E-state index in [1.165, 1.54) is 12.1 Å². The van der Waals surface area contributed by atoms with E-state index < -0.39 is 7.14 Å². The van der Waals surface area contributed by atoms with Crippen molar-refractivity contribution in [3.8, 4) is 56.4 Å². The van der Waals surface area contributed by atoms with Crippen molar-refractivity contribution in [1.82, 2.24) is 15.0 Å². The molecule has 0 atom stereocenters. The number of aromatic nitrogens is 3. The highest BCUT2D eigenvalue weighted by Crippen LogP contribution is 2.43. The molecule has 0 spiro atoms. The second-order valence-electron chi connectivity index (χ2n) is 13.3. The highest BCUT2D eigenvalue weighted by Gasteiger charge is 2.29. The van der Waals surface area contributed by atoms with Gasteiger partial charge < -0.3 is 4.57 Å². The molecule has 0 bridgehead atoms. The van der Waals surface area contributed by atoms with Crippen LogP contribution >= 0.6 is 7.14 Å². The Balaban J connectivity index is 1.07. The molecule has 8 aromatic carbocycles. The summed E-state index contributed by atoms with van der Waals surface area (Å²) in [5, 5.41) is 4.51. The predicted octanol–water partition coefficient (Wildman–Crippen LogP) is 11.1. The highest BCUT2D eigenvalue weighted by molar-refractivity contribution is 7.85. The molecule has 262 valence electrons. The van der Waals surface area contributed by atoms with Crippen LogP contribution in [0.1, 0.15) is 0 Å². The number of benzene rings is 8. The fourth-order valence-corrected chi connectivity index (χ4v) is 9.76. The number of nitrogens with zero attached hydrogens (tertiary/aromatic N) is 3. The van der Waals surface area contributed by atoms with Gasteiger partial charge in [0.05, 0.1) is 0 Å². The molecule has 0 unspecified atom stereocenters. The lowest BCUT2D eigenvalue weighted by Gasteiger charge is -2.20. The van der Waals surface area contributed by atoms with Gasteiger partial charge in [0, 0.05) is 32.6 Å². The van der Waals surface area contributed by atoms with E-state index in [-0.39, 0.29) is 5.82 Å². The van der Waals surface area contributed by atoms with Gasteiger partial charge in [-0.3, -0.25) is 0 Å². The fraction of sp³-hybridized carbons (Fsp3) is 0. The smallest absolute Gasteiger partial charge is 0.171 e. The molecular weight excluding hydrogens is 697 g/mol. The Morgan fingerprint density at radius 3 is 1.27 bits per heavy atom. The van der Waals surface area contributed by atoms with Crippen molar-refractivity contribution >= 4 is 33.8 Å². The molecule has 9 rings (SSSR count). The normalized spacial score (nSPS) is 11.4. The van der Waals surface area contributed by atoms with Crippen molar-refractivity contribution in [2.45, 2.75) is 0 Å². The molecule has 0 amide bonds. The first-order valence-electron chi connectivity index (χ1n) is 18.1. The fourth-order valence-electron chi connectivity index (χ4n) is 7.12. The molecule has 55 heavy (non-hydrogen) atoms. The topological polar surface area (TPSA) is 55.7 Å². The first kappa shape index (κ1) is 34.0. The summed E-state index contributed by atoms with van der Waals surface area (Å²) in [6, 6.07) is 64.7. The summed E-state index contributed by atoms with van der Waals surface area (Å²) in [5.41, 5.74) is 6.73. The standard InChI is InChI=1S/C49H33FN3OP/c50-39-28-24-38(25-29-39)48-51-47(37-12-4-1-5-13-37)52-49(53-48)46-33-32-43(44-18-10-11-19-45(44)46)36-22-20-34(21-23-36)35-26-30-42(31-27-35)55(54,40-14-6-2-7-15-40)41-16-8-3-9-17-41/h1-33H. The quantitative estimate of drug-likeness (QED) is 0.146. The number of hydrogen-bond acceptors (Lipinski definition) is 4. The molecule has 0 saturated carbocycles. The zero-order chi connectivity index (χ0) is 37.2. The molecule has 6 heteroatoms. The average molecular weight is 730 g/mol. The maximum atomic E-state index is 14.8. The second-order valence-corrected chi connectivity index (χ2v) is 16.1. The van der Waals surface area contributed by atoms with Crippen molar-refractivity contribution in [2.24, 2.45) is 0 Å². The van der Waals surface area contributed by atoms with Crippen LogP contribution in [0.3, 0.4) is 0 Å². The third-order valence-corrected chi connectivity index (χ3v) is 13.0. The molecule has 0 saturated heterocycles. The summed E-state index contributed by atoms with van der Waals surface area (Å²) in [4.78, 5) is 14.7. The van der Waals surface area contributed by atoms with E-state index in [2.05, 4.69) is 60.7 Å². The number of rotatable bonds is 8. The van der Waals surface area contributed by atoms with E-state index in [1.54, 1.807) is 12.1 Å². The maximum absolute atomic E-state index is 14.8. The van der Waals surface area contributed by atoms with Crippen molar-refractivity contribution in [1.29, 1.82) is 0 Å². The van der Waals surface area contributed by atoms with Gasteiger partial charge in [-0.15, -0.1) is 0 Å². The Morgan fingerprint density at radius 2 is 0.709 bits per heavy atom. The SMILES string of the molecule is O=P(c1ccccc1)(c1ccccc1)c1ccc(-c2ccc(-c3ccc(-c4nc(-c5ccccc5)nc(-c5ccc(F)cc5)n4)c4ccccc34)cc2)cc1. The van der Waals surface area contributed by atoms with Crippen molar-refractivity contribution in [3.05, 3.63) is 206 Å². The summed E-state index contributed by atoms with van der Waals surface area (Å²) in [5.74, 6) is 1.25.